The molecule has 3 aromatic rings. The number of amides is 1. The predicted molar refractivity (Wildman–Crippen MR) is 123 cm³/mol. The van der Waals surface area contributed by atoms with E-state index < -0.39 is 32.5 Å². The van der Waals surface area contributed by atoms with E-state index in [-0.39, 0.29) is 35.1 Å². The molecule has 1 amide bonds. The number of carbonyl (C=O) groups excluding carboxylic acids is 1. The van der Waals surface area contributed by atoms with E-state index in [1.807, 2.05) is 0 Å². The Morgan fingerprint density at radius 2 is 1.71 bits per heavy atom. The first kappa shape index (κ1) is 22.8. The van der Waals surface area contributed by atoms with Crippen molar-refractivity contribution >= 4 is 32.5 Å². The van der Waals surface area contributed by atoms with Crippen LogP contribution in [0.15, 0.2) is 53.4 Å². The number of morpholine rings is 1. The van der Waals surface area contributed by atoms with Crippen molar-refractivity contribution in [2.45, 2.75) is 16.4 Å². The Morgan fingerprint density at radius 3 is 2.38 bits per heavy atom. The highest BCUT2D eigenvalue weighted by Crippen LogP contribution is 2.31. The molecule has 1 atom stereocenters. The number of anilines is 1. The highest BCUT2D eigenvalue weighted by atomic mass is 32.2. The molecule has 1 fully saturated rings. The molecule has 178 valence electrons. The molecule has 2 aliphatic heterocycles. The molecule has 5 rings (SSSR count). The molecular formula is C22H21FN4O5S2. The minimum atomic E-state index is -3.67. The van der Waals surface area contributed by atoms with Gasteiger partial charge in [0.15, 0.2) is 0 Å². The molecular weight excluding hydrogens is 483 g/mol. The molecule has 0 bridgehead atoms. The summed E-state index contributed by atoms with van der Waals surface area (Å²) < 4.78 is 59.1. The number of hydrogen-bond donors (Lipinski definition) is 1. The van der Waals surface area contributed by atoms with Gasteiger partial charge in [0.1, 0.15) is 11.6 Å². The molecule has 0 unspecified atom stereocenters. The Morgan fingerprint density at radius 1 is 1.03 bits per heavy atom. The SMILES string of the molecule is O=C(Nc1c2c(nn1-c1ccc(F)cc1)C[S@@](=O)C2)c1ccc(S(=O)(=O)N2CCOCC2)cc1. The summed E-state index contributed by atoms with van der Waals surface area (Å²) in [4.78, 5) is 13.1. The average molecular weight is 505 g/mol. The van der Waals surface area contributed by atoms with Crippen LogP contribution in [-0.2, 0) is 37.1 Å². The van der Waals surface area contributed by atoms with Crippen LogP contribution >= 0.6 is 0 Å². The topological polar surface area (TPSA) is 111 Å². The number of ether oxygens (including phenoxy) is 1. The Hall–Kier alpha value is -2.93. The van der Waals surface area contributed by atoms with Gasteiger partial charge in [-0.05, 0) is 48.5 Å². The lowest BCUT2D eigenvalue weighted by Crippen LogP contribution is -2.40. The minimum absolute atomic E-state index is 0.0959. The van der Waals surface area contributed by atoms with E-state index in [0.717, 1.165) is 0 Å². The number of benzene rings is 2. The van der Waals surface area contributed by atoms with Gasteiger partial charge in [0.2, 0.25) is 10.0 Å². The fourth-order valence-corrected chi connectivity index (χ4v) is 6.59. The number of fused-ring (bicyclic) bond motifs is 1. The molecule has 34 heavy (non-hydrogen) atoms. The monoisotopic (exact) mass is 504 g/mol. The minimum Gasteiger partial charge on any atom is -0.379 e. The van der Waals surface area contributed by atoms with Crippen LogP contribution in [0.5, 0.6) is 0 Å². The molecule has 9 nitrogen and oxygen atoms in total. The summed E-state index contributed by atoms with van der Waals surface area (Å²) in [7, 11) is -4.78. The lowest BCUT2D eigenvalue weighted by atomic mass is 10.2. The number of rotatable bonds is 5. The van der Waals surface area contributed by atoms with E-state index in [2.05, 4.69) is 10.4 Å². The van der Waals surface area contributed by atoms with Crippen molar-refractivity contribution in [3.8, 4) is 5.69 Å². The van der Waals surface area contributed by atoms with Gasteiger partial charge >= 0.3 is 0 Å². The molecule has 12 heteroatoms. The molecule has 3 heterocycles. The molecule has 2 aromatic carbocycles. The number of halogens is 1. The summed E-state index contributed by atoms with van der Waals surface area (Å²) in [5.74, 6) is 0.0207. The van der Waals surface area contributed by atoms with Crippen molar-refractivity contribution in [2.75, 3.05) is 31.6 Å². The second-order valence-electron chi connectivity index (χ2n) is 7.89. The number of sulfonamides is 1. The van der Waals surface area contributed by atoms with Gasteiger partial charge in [-0.15, -0.1) is 0 Å². The summed E-state index contributed by atoms with van der Waals surface area (Å²) in [5.41, 5.74) is 2.08. The van der Waals surface area contributed by atoms with Crippen molar-refractivity contribution in [2.24, 2.45) is 0 Å². The van der Waals surface area contributed by atoms with Crippen molar-refractivity contribution in [3.63, 3.8) is 0 Å². The maximum Gasteiger partial charge on any atom is 0.256 e. The third-order valence-corrected chi connectivity index (χ3v) is 8.82. The van der Waals surface area contributed by atoms with E-state index in [1.165, 1.54) is 57.5 Å². The van der Waals surface area contributed by atoms with Gasteiger partial charge in [-0.1, -0.05) is 0 Å². The lowest BCUT2D eigenvalue weighted by molar-refractivity contribution is 0.0730. The Kier molecular flexibility index (Phi) is 6.06. The van der Waals surface area contributed by atoms with Gasteiger partial charge < -0.3 is 10.1 Å². The van der Waals surface area contributed by atoms with Crippen LogP contribution in [0.4, 0.5) is 10.2 Å². The van der Waals surface area contributed by atoms with E-state index >= 15 is 0 Å². The van der Waals surface area contributed by atoms with Crippen molar-refractivity contribution in [1.82, 2.24) is 14.1 Å². The normalized spacial score (nSPS) is 18.6. The zero-order valence-electron chi connectivity index (χ0n) is 17.9. The zero-order chi connectivity index (χ0) is 23.9. The van der Waals surface area contributed by atoms with Gasteiger partial charge in [-0.3, -0.25) is 9.00 Å². The number of nitrogens with zero attached hydrogens (tertiary/aromatic N) is 3. The highest BCUT2D eigenvalue weighted by molar-refractivity contribution is 7.89. The number of hydrogen-bond acceptors (Lipinski definition) is 6. The second-order valence-corrected chi connectivity index (χ2v) is 11.3. The number of carbonyl (C=O) groups is 1. The van der Waals surface area contributed by atoms with Crippen LogP contribution in [-0.4, -0.2) is 58.9 Å². The number of aromatic nitrogens is 2. The van der Waals surface area contributed by atoms with E-state index in [1.54, 1.807) is 0 Å². The van der Waals surface area contributed by atoms with Gasteiger partial charge in [0.25, 0.3) is 5.91 Å². The summed E-state index contributed by atoms with van der Waals surface area (Å²) in [6.07, 6.45) is 0. The quantitative estimate of drug-likeness (QED) is 0.570. The van der Waals surface area contributed by atoms with Crippen LogP contribution in [0.3, 0.4) is 0 Å². The Labute approximate surface area is 198 Å². The van der Waals surface area contributed by atoms with E-state index in [9.17, 15) is 21.8 Å². The molecule has 1 N–H and O–H groups in total. The average Bonchev–Trinajstić information content (AvgIpc) is 3.37. The molecule has 1 aromatic heterocycles. The van der Waals surface area contributed by atoms with Crippen LogP contribution in [0.25, 0.3) is 5.69 Å². The van der Waals surface area contributed by atoms with Crippen LogP contribution in [0.2, 0.25) is 0 Å². The molecule has 2 aliphatic rings. The van der Waals surface area contributed by atoms with E-state index in [0.29, 0.717) is 36.0 Å². The zero-order valence-corrected chi connectivity index (χ0v) is 19.6. The molecule has 0 aliphatic carbocycles. The maximum atomic E-state index is 13.4. The fourth-order valence-electron chi connectivity index (χ4n) is 3.92. The van der Waals surface area contributed by atoms with Crippen LogP contribution < -0.4 is 5.32 Å². The first-order chi connectivity index (χ1) is 16.3. The summed E-state index contributed by atoms with van der Waals surface area (Å²) in [5, 5.41) is 7.30. The first-order valence-electron chi connectivity index (χ1n) is 10.5. The third-order valence-electron chi connectivity index (χ3n) is 5.70. The van der Waals surface area contributed by atoms with Crippen molar-refractivity contribution < 1.29 is 26.5 Å². The Balaban J connectivity index is 1.41. The summed E-state index contributed by atoms with van der Waals surface area (Å²) in [6.45, 7) is 1.25. The van der Waals surface area contributed by atoms with Gasteiger partial charge in [-0.25, -0.2) is 17.5 Å². The fraction of sp³-hybridized carbons (Fsp3) is 0.273. The standard InChI is InChI=1S/C22H21FN4O5S2/c23-16-3-5-17(6-4-16)27-21(19-13-33(29)14-20(19)25-27)24-22(28)15-1-7-18(8-2-15)34(30,31)26-9-11-32-12-10-26/h1-8H,9-14H2,(H,24,28)/t33-/m0/s1. The van der Waals surface area contributed by atoms with Gasteiger partial charge in [-0.2, -0.15) is 9.40 Å². The van der Waals surface area contributed by atoms with Gasteiger partial charge in [0.05, 0.1) is 41.0 Å². The van der Waals surface area contributed by atoms with Crippen LogP contribution in [0.1, 0.15) is 21.6 Å². The van der Waals surface area contributed by atoms with Gasteiger partial charge in [0, 0.05) is 35.0 Å². The molecule has 1 saturated heterocycles. The predicted octanol–water partition coefficient (Wildman–Crippen LogP) is 2.05. The maximum absolute atomic E-state index is 13.4. The number of nitrogens with one attached hydrogen (secondary N) is 1. The van der Waals surface area contributed by atoms with E-state index in [4.69, 9.17) is 4.74 Å². The Bertz CT molecular complexity index is 1370. The van der Waals surface area contributed by atoms with Crippen molar-refractivity contribution in [3.05, 3.63) is 71.2 Å². The largest absolute Gasteiger partial charge is 0.379 e. The highest BCUT2D eigenvalue weighted by Gasteiger charge is 2.29. The molecule has 0 spiro atoms. The first-order valence-corrected chi connectivity index (χ1v) is 13.5. The lowest BCUT2D eigenvalue weighted by Gasteiger charge is -2.26. The summed E-state index contributed by atoms with van der Waals surface area (Å²) in [6, 6.07) is 11.3. The van der Waals surface area contributed by atoms with Crippen LogP contribution in [0, 0.1) is 5.82 Å². The smallest absolute Gasteiger partial charge is 0.256 e. The molecule has 0 radical (unpaired) electrons. The third kappa shape index (κ3) is 4.29. The second kappa shape index (κ2) is 9.02. The summed E-state index contributed by atoms with van der Waals surface area (Å²) >= 11 is 0. The molecule has 0 saturated carbocycles. The van der Waals surface area contributed by atoms with Crippen molar-refractivity contribution in [1.29, 1.82) is 0 Å².